The summed E-state index contributed by atoms with van der Waals surface area (Å²) in [6.45, 7) is 1.70. The van der Waals surface area contributed by atoms with E-state index in [1.54, 1.807) is 19.1 Å². The number of phenols is 2. The van der Waals surface area contributed by atoms with Crippen molar-refractivity contribution >= 4 is 17.8 Å². The second kappa shape index (κ2) is 4.52. The Morgan fingerprint density at radius 3 is 2.62 bits per heavy atom. The van der Waals surface area contributed by atoms with E-state index in [0.717, 1.165) is 0 Å². The van der Waals surface area contributed by atoms with Crippen molar-refractivity contribution in [2.45, 2.75) is 6.92 Å². The van der Waals surface area contributed by atoms with Crippen molar-refractivity contribution in [2.75, 3.05) is 0 Å². The van der Waals surface area contributed by atoms with Crippen molar-refractivity contribution in [1.82, 2.24) is 4.98 Å². The molecule has 3 rings (SSSR count). The van der Waals surface area contributed by atoms with E-state index in [2.05, 4.69) is 4.98 Å². The number of H-pyrrole nitrogens is 1. The highest BCUT2D eigenvalue weighted by Gasteiger charge is 2.30. The summed E-state index contributed by atoms with van der Waals surface area (Å²) in [5.74, 6) is -1.00. The highest BCUT2D eigenvalue weighted by molar-refractivity contribution is 6.05. The van der Waals surface area contributed by atoms with Gasteiger partial charge in [-0.15, -0.1) is 0 Å². The summed E-state index contributed by atoms with van der Waals surface area (Å²) in [7, 11) is 0. The lowest BCUT2D eigenvalue weighted by molar-refractivity contribution is 0.0715. The molecule has 1 aromatic carbocycles. The molecule has 0 bridgehead atoms. The van der Waals surface area contributed by atoms with Gasteiger partial charge >= 0.3 is 5.97 Å². The number of hydrogen-bond acceptors (Lipinski definition) is 5. The van der Waals surface area contributed by atoms with Crippen molar-refractivity contribution in [3.63, 3.8) is 0 Å². The summed E-state index contributed by atoms with van der Waals surface area (Å²) in [5.41, 5.74) is 1.02. The van der Waals surface area contributed by atoms with Gasteiger partial charge in [-0.3, -0.25) is 4.79 Å². The fraction of sp³-hybridized carbons (Fsp3) is 0.0667. The maximum absolute atomic E-state index is 11.8. The number of nitrogens with one attached hydrogen (secondary N) is 1. The Morgan fingerprint density at radius 2 is 1.90 bits per heavy atom. The number of esters is 1. The van der Waals surface area contributed by atoms with E-state index in [1.165, 1.54) is 18.2 Å². The van der Waals surface area contributed by atoms with Gasteiger partial charge in [-0.05, 0) is 36.8 Å². The van der Waals surface area contributed by atoms with Crippen LogP contribution in [-0.2, 0) is 4.74 Å². The van der Waals surface area contributed by atoms with Crippen LogP contribution in [0.4, 0.5) is 0 Å². The zero-order valence-corrected chi connectivity index (χ0v) is 11.0. The molecule has 1 aliphatic heterocycles. The predicted octanol–water partition coefficient (Wildman–Crippen LogP) is 1.76. The number of pyridine rings is 1. The van der Waals surface area contributed by atoms with Crippen LogP contribution in [0.1, 0.15) is 27.2 Å². The van der Waals surface area contributed by atoms with Crippen LogP contribution >= 0.6 is 0 Å². The lowest BCUT2D eigenvalue weighted by atomic mass is 10.1. The van der Waals surface area contributed by atoms with Crippen LogP contribution in [0.5, 0.6) is 11.5 Å². The normalized spacial score (nSPS) is 15.1. The molecule has 0 radical (unpaired) electrons. The third kappa shape index (κ3) is 2.16. The van der Waals surface area contributed by atoms with E-state index in [1.807, 2.05) is 0 Å². The zero-order valence-electron chi connectivity index (χ0n) is 11.0. The van der Waals surface area contributed by atoms with Gasteiger partial charge in [0.05, 0.1) is 0 Å². The first kappa shape index (κ1) is 13.0. The van der Waals surface area contributed by atoms with E-state index in [0.29, 0.717) is 16.8 Å². The molecule has 21 heavy (non-hydrogen) atoms. The number of aromatic amines is 1. The number of phenolic OH excluding ortho intramolecular Hbond substituents is 2. The Hall–Kier alpha value is -3.02. The van der Waals surface area contributed by atoms with Crippen molar-refractivity contribution in [1.29, 1.82) is 0 Å². The average Bonchev–Trinajstić information content (AvgIpc) is 2.70. The number of aromatic nitrogens is 1. The highest BCUT2D eigenvalue weighted by atomic mass is 16.5. The van der Waals surface area contributed by atoms with Gasteiger partial charge in [0.15, 0.2) is 11.5 Å². The van der Waals surface area contributed by atoms with Crippen LogP contribution in [0.3, 0.4) is 0 Å². The van der Waals surface area contributed by atoms with Gasteiger partial charge in [-0.2, -0.15) is 0 Å². The Balaban J connectivity index is 2.14. The highest BCUT2D eigenvalue weighted by Crippen LogP contribution is 2.31. The van der Waals surface area contributed by atoms with Crippen LogP contribution in [0.15, 0.2) is 29.1 Å². The molecule has 0 saturated heterocycles. The Bertz CT molecular complexity index is 848. The number of aromatic hydroxyl groups is 2. The minimum Gasteiger partial charge on any atom is -0.504 e. The Labute approximate surface area is 118 Å². The molecule has 3 N–H and O–H groups in total. The van der Waals surface area contributed by atoms with Crippen LogP contribution in [0, 0.1) is 6.92 Å². The van der Waals surface area contributed by atoms with Crippen LogP contribution in [0.25, 0.3) is 11.8 Å². The molecule has 1 aromatic heterocycles. The molecule has 6 heteroatoms. The maximum Gasteiger partial charge on any atom is 0.349 e. The summed E-state index contributed by atoms with van der Waals surface area (Å²) in [6.07, 6.45) is 1.52. The lowest BCUT2D eigenvalue weighted by Crippen LogP contribution is -2.16. The first-order chi connectivity index (χ1) is 9.95. The molecule has 0 spiro atoms. The summed E-state index contributed by atoms with van der Waals surface area (Å²) >= 11 is 0. The first-order valence-corrected chi connectivity index (χ1v) is 6.16. The van der Waals surface area contributed by atoms with Gasteiger partial charge in [0, 0.05) is 11.3 Å². The van der Waals surface area contributed by atoms with E-state index in [9.17, 15) is 19.8 Å². The number of carbonyl (C=O) groups excluding carboxylic acids is 1. The minimum atomic E-state index is -0.708. The molecule has 1 aliphatic rings. The first-order valence-electron chi connectivity index (χ1n) is 6.16. The number of ether oxygens (including phenoxy) is 1. The number of fused-ring (bicyclic) bond motifs is 1. The number of aryl methyl sites for hydroxylation is 1. The number of carbonyl (C=O) groups is 1. The second-order valence-corrected chi connectivity index (χ2v) is 4.72. The Morgan fingerprint density at radius 1 is 1.14 bits per heavy atom. The number of rotatable bonds is 1. The molecule has 0 aliphatic carbocycles. The van der Waals surface area contributed by atoms with Crippen LogP contribution < -0.4 is 5.56 Å². The van der Waals surface area contributed by atoms with Crippen LogP contribution in [0.2, 0.25) is 0 Å². The summed E-state index contributed by atoms with van der Waals surface area (Å²) in [6, 6.07) is 5.85. The van der Waals surface area contributed by atoms with E-state index >= 15 is 0 Å². The minimum absolute atomic E-state index is 0.0325. The largest absolute Gasteiger partial charge is 0.504 e. The summed E-state index contributed by atoms with van der Waals surface area (Å²) in [4.78, 5) is 26.1. The standard InChI is InChI=1S/C15H11NO5/c1-7-4-9-12(21-15(20)13(9)14(19)16-7)6-8-2-3-10(17)11(18)5-8/h2-6,17-18H,1H3,(H,16,19)/b12-6-. The molecular weight excluding hydrogens is 274 g/mol. The molecule has 0 unspecified atom stereocenters. The van der Waals surface area contributed by atoms with Crippen molar-refractivity contribution in [2.24, 2.45) is 0 Å². The molecule has 0 amide bonds. The Kier molecular flexibility index (Phi) is 2.79. The molecule has 0 fully saturated rings. The predicted molar refractivity (Wildman–Crippen MR) is 74.9 cm³/mol. The SMILES string of the molecule is Cc1cc2c(c(=O)[nH]1)C(=O)O/C2=C\c1ccc(O)c(O)c1. The second-order valence-electron chi connectivity index (χ2n) is 4.72. The molecular formula is C15H11NO5. The van der Waals surface area contributed by atoms with Gasteiger partial charge in [0.2, 0.25) is 0 Å². The molecule has 6 nitrogen and oxygen atoms in total. The maximum atomic E-state index is 11.8. The van der Waals surface area contributed by atoms with E-state index < -0.39 is 11.5 Å². The van der Waals surface area contributed by atoms with Crippen LogP contribution in [-0.4, -0.2) is 21.2 Å². The fourth-order valence-electron chi connectivity index (χ4n) is 2.18. The summed E-state index contributed by atoms with van der Waals surface area (Å²) in [5, 5.41) is 18.7. The van der Waals surface area contributed by atoms with Crippen molar-refractivity contribution in [3.8, 4) is 11.5 Å². The topological polar surface area (TPSA) is 99.6 Å². The third-order valence-corrected chi connectivity index (χ3v) is 3.14. The number of cyclic esters (lactones) is 1. The van der Waals surface area contributed by atoms with E-state index in [4.69, 9.17) is 4.74 Å². The summed E-state index contributed by atoms with van der Waals surface area (Å²) < 4.78 is 5.10. The fourth-order valence-corrected chi connectivity index (χ4v) is 2.18. The number of benzene rings is 1. The molecule has 2 heterocycles. The third-order valence-electron chi connectivity index (χ3n) is 3.14. The zero-order chi connectivity index (χ0) is 15.1. The van der Waals surface area contributed by atoms with Gasteiger partial charge in [-0.1, -0.05) is 6.07 Å². The number of hydrogen-bond donors (Lipinski definition) is 3. The van der Waals surface area contributed by atoms with Gasteiger partial charge in [0.25, 0.3) is 5.56 Å². The molecule has 0 saturated carbocycles. The molecule has 2 aromatic rings. The molecule has 106 valence electrons. The van der Waals surface area contributed by atoms with Gasteiger partial charge in [-0.25, -0.2) is 4.79 Å². The quantitative estimate of drug-likeness (QED) is 0.547. The van der Waals surface area contributed by atoms with Gasteiger partial charge < -0.3 is 19.9 Å². The van der Waals surface area contributed by atoms with Crippen molar-refractivity contribution < 1.29 is 19.7 Å². The van der Waals surface area contributed by atoms with Crippen molar-refractivity contribution in [3.05, 3.63) is 57.0 Å². The average molecular weight is 285 g/mol. The van der Waals surface area contributed by atoms with Gasteiger partial charge in [0.1, 0.15) is 11.3 Å². The molecule has 0 atom stereocenters. The lowest BCUT2D eigenvalue weighted by Gasteiger charge is -2.02. The smallest absolute Gasteiger partial charge is 0.349 e. The van der Waals surface area contributed by atoms with E-state index in [-0.39, 0.29) is 22.8 Å². The monoisotopic (exact) mass is 285 g/mol.